The summed E-state index contributed by atoms with van der Waals surface area (Å²) in [5, 5.41) is 0. The lowest BCUT2D eigenvalue weighted by Gasteiger charge is -2.12. The van der Waals surface area contributed by atoms with E-state index >= 15 is 0 Å². The van der Waals surface area contributed by atoms with E-state index in [2.05, 4.69) is 15.9 Å². The Hall–Kier alpha value is -1.05. The smallest absolute Gasteiger partial charge is 0.266 e. The van der Waals surface area contributed by atoms with Crippen LogP contribution in [0.15, 0.2) is 21.5 Å². The van der Waals surface area contributed by atoms with Crippen LogP contribution in [0.2, 0.25) is 0 Å². The number of hydrogen-bond donors (Lipinski definition) is 0. The third-order valence-corrected chi connectivity index (χ3v) is 5.12. The number of likely N-dealkylation sites (N-methyl/N-ethyl adjacent to an activating group) is 1. The highest BCUT2D eigenvalue weighted by Crippen LogP contribution is 2.37. The molecule has 0 aliphatic carbocycles. The van der Waals surface area contributed by atoms with Crippen LogP contribution in [0.5, 0.6) is 11.5 Å². The van der Waals surface area contributed by atoms with Gasteiger partial charge < -0.3 is 9.47 Å². The molecular weight excluding hydrogens is 386 g/mol. The summed E-state index contributed by atoms with van der Waals surface area (Å²) >= 11 is 10.0. The number of benzene rings is 1. The van der Waals surface area contributed by atoms with Crippen LogP contribution in [0.3, 0.4) is 0 Å². The summed E-state index contributed by atoms with van der Waals surface area (Å²) in [5.74, 6) is 1.23. The molecule has 118 valence electrons. The van der Waals surface area contributed by atoms with Crippen LogP contribution in [0.4, 0.5) is 0 Å². The highest BCUT2D eigenvalue weighted by Gasteiger charge is 2.30. The Kier molecular flexibility index (Phi) is 5.88. The molecular formula is C15H16BrNO3S2. The number of hydrogen-bond acceptors (Lipinski definition) is 5. The molecule has 1 aliphatic heterocycles. The third kappa shape index (κ3) is 3.47. The first kappa shape index (κ1) is 17.3. The minimum Gasteiger partial charge on any atom is -0.493 e. The predicted octanol–water partition coefficient (Wildman–Crippen LogP) is 4.08. The van der Waals surface area contributed by atoms with Crippen LogP contribution in [-0.2, 0) is 4.79 Å². The molecule has 0 radical (unpaired) electrons. The number of carbonyl (C=O) groups excluding carboxylic acids is 1. The standard InChI is InChI=1S/C15H16BrNO3S2/c1-4-17-14(18)13(22-15(17)21)7-9-6-12(20-5-2)11(19-3)8-10(9)16/h6-8H,4-5H2,1-3H3/b13-7-. The van der Waals surface area contributed by atoms with Gasteiger partial charge in [-0.2, -0.15) is 0 Å². The third-order valence-electron chi connectivity index (χ3n) is 3.06. The van der Waals surface area contributed by atoms with E-state index in [1.807, 2.05) is 32.1 Å². The first-order valence-electron chi connectivity index (χ1n) is 6.77. The van der Waals surface area contributed by atoms with Gasteiger partial charge in [0.1, 0.15) is 4.32 Å². The van der Waals surface area contributed by atoms with Crippen molar-refractivity contribution in [3.8, 4) is 11.5 Å². The van der Waals surface area contributed by atoms with Gasteiger partial charge in [-0.15, -0.1) is 0 Å². The van der Waals surface area contributed by atoms with Gasteiger partial charge in [-0.05, 0) is 37.6 Å². The van der Waals surface area contributed by atoms with Gasteiger partial charge in [0, 0.05) is 11.0 Å². The Morgan fingerprint density at radius 3 is 2.64 bits per heavy atom. The van der Waals surface area contributed by atoms with Gasteiger partial charge in [0.2, 0.25) is 0 Å². The maximum atomic E-state index is 12.3. The molecule has 0 N–H and O–H groups in total. The first-order valence-corrected chi connectivity index (χ1v) is 8.79. The molecule has 0 aromatic heterocycles. The molecule has 0 bridgehead atoms. The van der Waals surface area contributed by atoms with E-state index in [0.29, 0.717) is 33.9 Å². The van der Waals surface area contributed by atoms with E-state index in [-0.39, 0.29) is 5.91 Å². The van der Waals surface area contributed by atoms with Gasteiger partial charge >= 0.3 is 0 Å². The number of methoxy groups -OCH3 is 1. The largest absolute Gasteiger partial charge is 0.493 e. The summed E-state index contributed by atoms with van der Waals surface area (Å²) in [5.41, 5.74) is 0.848. The molecule has 1 amide bonds. The van der Waals surface area contributed by atoms with Crippen LogP contribution in [-0.4, -0.2) is 35.4 Å². The average molecular weight is 402 g/mol. The lowest BCUT2D eigenvalue weighted by molar-refractivity contribution is -0.121. The predicted molar refractivity (Wildman–Crippen MR) is 97.4 cm³/mol. The number of amides is 1. The van der Waals surface area contributed by atoms with Crippen molar-refractivity contribution in [2.45, 2.75) is 13.8 Å². The lowest BCUT2D eigenvalue weighted by Crippen LogP contribution is -2.27. The normalized spacial score (nSPS) is 16.5. The number of thiocarbonyl (C=S) groups is 1. The number of nitrogens with zero attached hydrogens (tertiary/aromatic N) is 1. The molecule has 0 saturated carbocycles. The molecule has 1 heterocycles. The van der Waals surface area contributed by atoms with Crippen molar-refractivity contribution >= 4 is 56.2 Å². The van der Waals surface area contributed by atoms with Crippen LogP contribution in [0.1, 0.15) is 19.4 Å². The lowest BCUT2D eigenvalue weighted by atomic mass is 10.2. The SMILES string of the molecule is CCOc1cc(/C=C2\SC(=S)N(CC)C2=O)c(Br)cc1OC. The molecule has 0 spiro atoms. The van der Waals surface area contributed by atoms with Crippen molar-refractivity contribution in [2.24, 2.45) is 0 Å². The Balaban J connectivity index is 2.41. The molecule has 0 unspecified atom stereocenters. The molecule has 1 fully saturated rings. The van der Waals surface area contributed by atoms with Crippen molar-refractivity contribution in [3.05, 3.63) is 27.1 Å². The van der Waals surface area contributed by atoms with E-state index in [1.165, 1.54) is 11.8 Å². The van der Waals surface area contributed by atoms with Crippen molar-refractivity contribution in [2.75, 3.05) is 20.3 Å². The topological polar surface area (TPSA) is 38.8 Å². The maximum absolute atomic E-state index is 12.3. The fourth-order valence-corrected chi connectivity index (χ4v) is 3.82. The second kappa shape index (κ2) is 7.48. The van der Waals surface area contributed by atoms with Gasteiger partial charge in [0.25, 0.3) is 5.91 Å². The number of rotatable bonds is 5. The summed E-state index contributed by atoms with van der Waals surface area (Å²) in [4.78, 5) is 14.5. The summed E-state index contributed by atoms with van der Waals surface area (Å²) < 4.78 is 12.3. The fraction of sp³-hybridized carbons (Fsp3) is 0.333. The van der Waals surface area contributed by atoms with Gasteiger partial charge in [-0.1, -0.05) is 39.9 Å². The van der Waals surface area contributed by atoms with Crippen LogP contribution in [0.25, 0.3) is 6.08 Å². The molecule has 4 nitrogen and oxygen atoms in total. The van der Waals surface area contributed by atoms with E-state index in [1.54, 1.807) is 12.0 Å². The minimum absolute atomic E-state index is 0.0572. The average Bonchev–Trinajstić information content (AvgIpc) is 2.76. The van der Waals surface area contributed by atoms with Crippen molar-refractivity contribution in [3.63, 3.8) is 0 Å². The van der Waals surface area contributed by atoms with E-state index in [0.717, 1.165) is 10.0 Å². The fourth-order valence-electron chi connectivity index (χ4n) is 2.00. The Morgan fingerprint density at radius 2 is 2.09 bits per heavy atom. The van der Waals surface area contributed by atoms with Crippen molar-refractivity contribution in [1.82, 2.24) is 4.90 Å². The zero-order chi connectivity index (χ0) is 16.3. The number of ether oxygens (including phenoxy) is 2. The van der Waals surface area contributed by atoms with Crippen LogP contribution < -0.4 is 9.47 Å². The van der Waals surface area contributed by atoms with Gasteiger partial charge in [-0.3, -0.25) is 9.69 Å². The Morgan fingerprint density at radius 1 is 1.36 bits per heavy atom. The Bertz CT molecular complexity index is 646. The van der Waals surface area contributed by atoms with E-state index < -0.39 is 0 Å². The first-order chi connectivity index (χ1) is 10.5. The highest BCUT2D eigenvalue weighted by molar-refractivity contribution is 9.10. The summed E-state index contributed by atoms with van der Waals surface area (Å²) in [6.45, 7) is 4.93. The molecule has 7 heteroatoms. The van der Waals surface area contributed by atoms with Gasteiger partial charge in [0.15, 0.2) is 11.5 Å². The molecule has 2 rings (SSSR count). The van der Waals surface area contributed by atoms with Gasteiger partial charge in [0.05, 0.1) is 18.6 Å². The monoisotopic (exact) mass is 401 g/mol. The van der Waals surface area contributed by atoms with Crippen molar-refractivity contribution < 1.29 is 14.3 Å². The Labute approximate surface area is 148 Å². The number of halogens is 1. The van der Waals surface area contributed by atoms with E-state index in [4.69, 9.17) is 21.7 Å². The molecule has 1 aromatic carbocycles. The zero-order valence-corrected chi connectivity index (χ0v) is 15.7. The number of carbonyl (C=O) groups is 1. The summed E-state index contributed by atoms with van der Waals surface area (Å²) in [6.07, 6.45) is 1.82. The maximum Gasteiger partial charge on any atom is 0.266 e. The molecule has 1 saturated heterocycles. The van der Waals surface area contributed by atoms with Gasteiger partial charge in [-0.25, -0.2) is 0 Å². The minimum atomic E-state index is -0.0572. The second-order valence-electron chi connectivity index (χ2n) is 4.38. The highest BCUT2D eigenvalue weighted by atomic mass is 79.9. The van der Waals surface area contributed by atoms with E-state index in [9.17, 15) is 4.79 Å². The zero-order valence-electron chi connectivity index (χ0n) is 12.5. The molecule has 1 aliphatic rings. The second-order valence-corrected chi connectivity index (χ2v) is 6.91. The molecule has 22 heavy (non-hydrogen) atoms. The number of thioether (sulfide) groups is 1. The van der Waals surface area contributed by atoms with Crippen LogP contribution >= 0.6 is 39.9 Å². The molecule has 0 atom stereocenters. The van der Waals surface area contributed by atoms with Crippen molar-refractivity contribution in [1.29, 1.82) is 0 Å². The summed E-state index contributed by atoms with van der Waals surface area (Å²) in [7, 11) is 1.59. The quantitative estimate of drug-likeness (QED) is 0.548. The summed E-state index contributed by atoms with van der Waals surface area (Å²) in [6, 6.07) is 3.68. The van der Waals surface area contributed by atoms with Crippen LogP contribution in [0, 0.1) is 0 Å². The molecule has 1 aromatic rings.